The van der Waals surface area contributed by atoms with Gasteiger partial charge in [0.15, 0.2) is 11.6 Å². The van der Waals surface area contributed by atoms with E-state index in [1.54, 1.807) is 19.1 Å². The average Bonchev–Trinajstić information content (AvgIpc) is 2.68. The van der Waals surface area contributed by atoms with Crippen LogP contribution in [0.3, 0.4) is 0 Å². The van der Waals surface area contributed by atoms with Crippen LogP contribution in [-0.2, 0) is 0 Å². The quantitative estimate of drug-likeness (QED) is 0.850. The summed E-state index contributed by atoms with van der Waals surface area (Å²) in [6, 6.07) is 6.54. The Bertz CT molecular complexity index is 505. The molecule has 0 spiro atoms. The number of hydrogen-bond acceptors (Lipinski definition) is 2. The molecule has 1 aromatic heterocycles. The van der Waals surface area contributed by atoms with E-state index in [0.717, 1.165) is 12.1 Å². The Morgan fingerprint density at radius 3 is 2.44 bits per heavy atom. The number of aryl methyl sites for hydroxylation is 1. The van der Waals surface area contributed by atoms with Gasteiger partial charge >= 0.3 is 0 Å². The van der Waals surface area contributed by atoms with E-state index in [0.29, 0.717) is 11.5 Å². The highest BCUT2D eigenvalue weighted by atomic mass is 19.2. The maximum atomic E-state index is 12.9. The van der Waals surface area contributed by atoms with Crippen molar-refractivity contribution in [3.8, 4) is 0 Å². The molecule has 2 aromatic rings. The molecule has 4 heteroatoms. The minimum atomic E-state index is -1.08. The number of furan rings is 1. The van der Waals surface area contributed by atoms with Crippen LogP contribution in [0.1, 0.15) is 23.2 Å². The summed E-state index contributed by atoms with van der Waals surface area (Å²) in [6.07, 6.45) is -1.08. The van der Waals surface area contributed by atoms with Crippen LogP contribution in [0.25, 0.3) is 0 Å². The Morgan fingerprint density at radius 2 is 1.88 bits per heavy atom. The molecule has 16 heavy (non-hydrogen) atoms. The number of benzene rings is 1. The molecule has 2 nitrogen and oxygen atoms in total. The summed E-state index contributed by atoms with van der Waals surface area (Å²) in [7, 11) is 0. The number of hydrogen-bond donors (Lipinski definition) is 1. The van der Waals surface area contributed by atoms with Crippen LogP contribution in [0.5, 0.6) is 0 Å². The van der Waals surface area contributed by atoms with Crippen molar-refractivity contribution in [1.29, 1.82) is 0 Å². The summed E-state index contributed by atoms with van der Waals surface area (Å²) < 4.78 is 30.8. The van der Waals surface area contributed by atoms with Crippen LogP contribution in [0.2, 0.25) is 0 Å². The molecule has 1 aromatic carbocycles. The van der Waals surface area contributed by atoms with E-state index in [1.807, 2.05) is 0 Å². The van der Waals surface area contributed by atoms with Gasteiger partial charge < -0.3 is 9.52 Å². The number of rotatable bonds is 2. The van der Waals surface area contributed by atoms with E-state index in [-0.39, 0.29) is 5.56 Å². The van der Waals surface area contributed by atoms with Gasteiger partial charge in [-0.1, -0.05) is 6.07 Å². The van der Waals surface area contributed by atoms with E-state index < -0.39 is 17.7 Å². The van der Waals surface area contributed by atoms with Gasteiger partial charge in [-0.25, -0.2) is 8.78 Å². The first kappa shape index (κ1) is 10.8. The first-order chi connectivity index (χ1) is 7.58. The summed E-state index contributed by atoms with van der Waals surface area (Å²) in [5.41, 5.74) is 0.258. The molecule has 0 aliphatic heterocycles. The zero-order valence-corrected chi connectivity index (χ0v) is 8.58. The van der Waals surface area contributed by atoms with Crippen LogP contribution < -0.4 is 0 Å². The molecule has 0 bridgehead atoms. The smallest absolute Gasteiger partial charge is 0.159 e. The number of aliphatic hydroxyl groups excluding tert-OH is 1. The minimum absolute atomic E-state index is 0.258. The second-order valence-electron chi connectivity index (χ2n) is 3.52. The standard InChI is InChI=1S/C12H10F2O2/c1-7-2-5-11(16-7)12(15)8-3-4-9(13)10(14)6-8/h2-6,12,15H,1H3/t12-/m0/s1. The minimum Gasteiger partial charge on any atom is -0.463 e. The van der Waals surface area contributed by atoms with Gasteiger partial charge in [0.05, 0.1) is 0 Å². The van der Waals surface area contributed by atoms with E-state index in [9.17, 15) is 13.9 Å². The van der Waals surface area contributed by atoms with Crippen molar-refractivity contribution in [3.63, 3.8) is 0 Å². The second-order valence-corrected chi connectivity index (χ2v) is 3.52. The molecular weight excluding hydrogens is 214 g/mol. The van der Waals surface area contributed by atoms with Gasteiger partial charge in [0.25, 0.3) is 0 Å². The summed E-state index contributed by atoms with van der Waals surface area (Å²) >= 11 is 0. The van der Waals surface area contributed by atoms with E-state index >= 15 is 0 Å². The van der Waals surface area contributed by atoms with Gasteiger partial charge in [0, 0.05) is 0 Å². The lowest BCUT2D eigenvalue weighted by molar-refractivity contribution is 0.187. The predicted molar refractivity (Wildman–Crippen MR) is 53.9 cm³/mol. The highest BCUT2D eigenvalue weighted by molar-refractivity contribution is 5.26. The SMILES string of the molecule is Cc1ccc([C@@H](O)c2ccc(F)c(F)c2)o1. The normalized spacial score (nSPS) is 12.8. The lowest BCUT2D eigenvalue weighted by Crippen LogP contribution is -1.99. The highest BCUT2D eigenvalue weighted by Gasteiger charge is 2.15. The highest BCUT2D eigenvalue weighted by Crippen LogP contribution is 2.24. The van der Waals surface area contributed by atoms with Gasteiger partial charge in [-0.05, 0) is 36.8 Å². The maximum Gasteiger partial charge on any atom is 0.159 e. The van der Waals surface area contributed by atoms with Crippen molar-refractivity contribution in [2.24, 2.45) is 0 Å². The lowest BCUT2D eigenvalue weighted by Gasteiger charge is -2.08. The van der Waals surface area contributed by atoms with Crippen LogP contribution in [0.15, 0.2) is 34.7 Å². The first-order valence-electron chi connectivity index (χ1n) is 4.77. The molecule has 0 saturated heterocycles. The number of aliphatic hydroxyl groups is 1. The molecule has 0 radical (unpaired) electrons. The summed E-state index contributed by atoms with van der Waals surface area (Å²) in [6.45, 7) is 1.74. The van der Waals surface area contributed by atoms with Crippen LogP contribution in [-0.4, -0.2) is 5.11 Å². The van der Waals surface area contributed by atoms with Crippen molar-refractivity contribution in [3.05, 3.63) is 59.1 Å². The summed E-state index contributed by atoms with van der Waals surface area (Å²) in [4.78, 5) is 0. The Hall–Kier alpha value is -1.68. The molecule has 1 N–H and O–H groups in total. The van der Waals surface area contributed by atoms with Gasteiger partial charge in [-0.3, -0.25) is 0 Å². The maximum absolute atomic E-state index is 12.9. The number of halogens is 2. The molecule has 0 aliphatic rings. The van der Waals surface area contributed by atoms with Crippen molar-refractivity contribution >= 4 is 0 Å². The molecule has 1 heterocycles. The predicted octanol–water partition coefficient (Wildman–Crippen LogP) is 2.95. The lowest BCUT2D eigenvalue weighted by atomic mass is 10.1. The third-order valence-electron chi connectivity index (χ3n) is 2.29. The Labute approximate surface area is 91.1 Å². The molecule has 0 unspecified atom stereocenters. The molecule has 1 atom stereocenters. The zero-order chi connectivity index (χ0) is 11.7. The fraction of sp³-hybridized carbons (Fsp3) is 0.167. The van der Waals surface area contributed by atoms with Crippen LogP contribution in [0.4, 0.5) is 8.78 Å². The molecular formula is C12H10F2O2. The molecule has 0 fully saturated rings. The van der Waals surface area contributed by atoms with Crippen molar-refractivity contribution < 1.29 is 18.3 Å². The van der Waals surface area contributed by atoms with Crippen LogP contribution in [0, 0.1) is 18.6 Å². The van der Waals surface area contributed by atoms with E-state index in [2.05, 4.69) is 0 Å². The topological polar surface area (TPSA) is 33.4 Å². The molecule has 0 aliphatic carbocycles. The third kappa shape index (κ3) is 1.97. The van der Waals surface area contributed by atoms with E-state index in [4.69, 9.17) is 4.42 Å². The fourth-order valence-electron chi connectivity index (χ4n) is 1.45. The van der Waals surface area contributed by atoms with E-state index in [1.165, 1.54) is 6.07 Å². The molecule has 0 saturated carbocycles. The zero-order valence-electron chi connectivity index (χ0n) is 8.58. The summed E-state index contributed by atoms with van der Waals surface area (Å²) in [5, 5.41) is 9.84. The second kappa shape index (κ2) is 4.06. The molecule has 2 rings (SSSR count). The van der Waals surface area contributed by atoms with Gasteiger partial charge in [-0.15, -0.1) is 0 Å². The van der Waals surface area contributed by atoms with Crippen LogP contribution >= 0.6 is 0 Å². The molecule has 0 amide bonds. The average molecular weight is 224 g/mol. The third-order valence-corrected chi connectivity index (χ3v) is 2.29. The van der Waals surface area contributed by atoms with Crippen molar-refractivity contribution in [1.82, 2.24) is 0 Å². The van der Waals surface area contributed by atoms with Gasteiger partial charge in [0.1, 0.15) is 17.6 Å². The van der Waals surface area contributed by atoms with Crippen molar-refractivity contribution in [2.75, 3.05) is 0 Å². The Balaban J connectivity index is 2.33. The van der Waals surface area contributed by atoms with Gasteiger partial charge in [0.2, 0.25) is 0 Å². The largest absolute Gasteiger partial charge is 0.463 e. The van der Waals surface area contributed by atoms with Gasteiger partial charge in [-0.2, -0.15) is 0 Å². The Morgan fingerprint density at radius 1 is 1.12 bits per heavy atom. The summed E-state index contributed by atoms with van der Waals surface area (Å²) in [5.74, 6) is -0.966. The fourth-order valence-corrected chi connectivity index (χ4v) is 1.45. The Kier molecular flexibility index (Phi) is 2.75. The van der Waals surface area contributed by atoms with Crippen molar-refractivity contribution in [2.45, 2.75) is 13.0 Å². The first-order valence-corrected chi connectivity index (χ1v) is 4.77. The monoisotopic (exact) mass is 224 g/mol. The molecule has 84 valence electrons.